The Morgan fingerprint density at radius 3 is 2.77 bits per heavy atom. The number of guanidine groups is 1. The average molecular weight is 359 g/mol. The van der Waals surface area contributed by atoms with Gasteiger partial charge in [-0.3, -0.25) is 9.89 Å². The van der Waals surface area contributed by atoms with E-state index in [-0.39, 0.29) is 11.2 Å². The van der Waals surface area contributed by atoms with E-state index in [0.29, 0.717) is 12.6 Å². The van der Waals surface area contributed by atoms with Gasteiger partial charge in [-0.2, -0.15) is 0 Å². The standard InChI is InChI=1S/C21H31FN4/c1-3-12-26-13-8-19(9-14-26)25-20(23-4-2)24-16-21(10-11-21)17-6-5-7-18(22)15-17/h3,5-7,15,19H,1,4,8-14,16H2,2H3,(H2,23,24,25). The molecule has 142 valence electrons. The number of aliphatic imine (C=N–C) groups is 1. The van der Waals surface area contributed by atoms with Crippen LogP contribution in [-0.2, 0) is 5.41 Å². The second-order valence-electron chi connectivity index (χ2n) is 7.49. The van der Waals surface area contributed by atoms with Crippen molar-refractivity contribution in [3.63, 3.8) is 0 Å². The highest BCUT2D eigenvalue weighted by Crippen LogP contribution is 2.48. The Labute approximate surface area is 156 Å². The lowest BCUT2D eigenvalue weighted by Gasteiger charge is -2.32. The van der Waals surface area contributed by atoms with Crippen LogP contribution in [0.5, 0.6) is 0 Å². The lowest BCUT2D eigenvalue weighted by atomic mass is 9.96. The van der Waals surface area contributed by atoms with Crippen LogP contribution in [-0.4, -0.2) is 49.6 Å². The summed E-state index contributed by atoms with van der Waals surface area (Å²) in [4.78, 5) is 7.27. The van der Waals surface area contributed by atoms with Gasteiger partial charge in [0.25, 0.3) is 0 Å². The first-order chi connectivity index (χ1) is 12.6. The van der Waals surface area contributed by atoms with E-state index < -0.39 is 0 Å². The number of halogens is 1. The highest BCUT2D eigenvalue weighted by molar-refractivity contribution is 5.80. The summed E-state index contributed by atoms with van der Waals surface area (Å²) in [7, 11) is 0. The van der Waals surface area contributed by atoms with Gasteiger partial charge in [0, 0.05) is 37.6 Å². The van der Waals surface area contributed by atoms with Crippen LogP contribution in [0.4, 0.5) is 4.39 Å². The van der Waals surface area contributed by atoms with Crippen molar-refractivity contribution in [2.45, 2.75) is 44.1 Å². The van der Waals surface area contributed by atoms with Crippen molar-refractivity contribution in [1.82, 2.24) is 15.5 Å². The van der Waals surface area contributed by atoms with E-state index in [1.54, 1.807) is 12.1 Å². The minimum atomic E-state index is -0.158. The molecule has 1 aliphatic carbocycles. The molecule has 1 aromatic rings. The van der Waals surface area contributed by atoms with Gasteiger partial charge in [0.05, 0.1) is 6.54 Å². The molecule has 2 aliphatic rings. The topological polar surface area (TPSA) is 39.7 Å². The van der Waals surface area contributed by atoms with E-state index in [4.69, 9.17) is 4.99 Å². The van der Waals surface area contributed by atoms with Gasteiger partial charge in [-0.1, -0.05) is 18.2 Å². The van der Waals surface area contributed by atoms with Gasteiger partial charge in [-0.15, -0.1) is 6.58 Å². The maximum atomic E-state index is 13.6. The summed E-state index contributed by atoms with van der Waals surface area (Å²) >= 11 is 0. The second-order valence-corrected chi connectivity index (χ2v) is 7.49. The quantitative estimate of drug-likeness (QED) is 0.447. The normalized spacial score (nSPS) is 20.6. The van der Waals surface area contributed by atoms with Gasteiger partial charge in [0.1, 0.15) is 5.82 Å². The smallest absolute Gasteiger partial charge is 0.191 e. The number of hydrogen-bond donors (Lipinski definition) is 2. The Morgan fingerprint density at radius 1 is 1.38 bits per heavy atom. The fourth-order valence-electron chi connectivity index (χ4n) is 3.69. The van der Waals surface area contributed by atoms with E-state index >= 15 is 0 Å². The van der Waals surface area contributed by atoms with E-state index in [1.807, 2.05) is 12.1 Å². The number of benzene rings is 1. The minimum Gasteiger partial charge on any atom is -0.357 e. The molecular formula is C21H31FN4. The van der Waals surface area contributed by atoms with Gasteiger partial charge >= 0.3 is 0 Å². The highest BCUT2D eigenvalue weighted by atomic mass is 19.1. The Kier molecular flexibility index (Phi) is 6.30. The molecular weight excluding hydrogens is 327 g/mol. The highest BCUT2D eigenvalue weighted by Gasteiger charge is 2.44. The fraction of sp³-hybridized carbons (Fsp3) is 0.571. The van der Waals surface area contributed by atoms with Crippen molar-refractivity contribution in [3.05, 3.63) is 48.3 Å². The number of piperidine rings is 1. The molecule has 0 atom stereocenters. The van der Waals surface area contributed by atoms with E-state index in [1.165, 1.54) is 6.07 Å². The monoisotopic (exact) mass is 358 g/mol. The molecule has 2 fully saturated rings. The summed E-state index contributed by atoms with van der Waals surface area (Å²) in [5.74, 6) is 0.728. The van der Waals surface area contributed by atoms with Gasteiger partial charge in [0.15, 0.2) is 5.96 Å². The molecule has 1 aromatic carbocycles. The molecule has 26 heavy (non-hydrogen) atoms. The Bertz CT molecular complexity index is 631. The number of hydrogen-bond acceptors (Lipinski definition) is 2. The zero-order chi connectivity index (χ0) is 18.4. The van der Waals surface area contributed by atoms with Crippen LogP contribution in [0.2, 0.25) is 0 Å². The maximum absolute atomic E-state index is 13.6. The molecule has 1 aliphatic heterocycles. The van der Waals surface area contributed by atoms with Crippen molar-refractivity contribution in [2.75, 3.05) is 32.7 Å². The van der Waals surface area contributed by atoms with Gasteiger partial charge in [-0.25, -0.2) is 4.39 Å². The zero-order valence-electron chi connectivity index (χ0n) is 15.8. The number of rotatable bonds is 7. The first-order valence-corrected chi connectivity index (χ1v) is 9.79. The Morgan fingerprint density at radius 2 is 2.15 bits per heavy atom. The van der Waals surface area contributed by atoms with Crippen molar-refractivity contribution in [1.29, 1.82) is 0 Å². The van der Waals surface area contributed by atoms with Crippen LogP contribution < -0.4 is 10.6 Å². The summed E-state index contributed by atoms with van der Waals surface area (Å²) in [6.07, 6.45) is 6.37. The van der Waals surface area contributed by atoms with Crippen molar-refractivity contribution in [2.24, 2.45) is 4.99 Å². The van der Waals surface area contributed by atoms with E-state index in [9.17, 15) is 4.39 Å². The molecule has 1 saturated carbocycles. The zero-order valence-corrected chi connectivity index (χ0v) is 15.8. The predicted octanol–water partition coefficient (Wildman–Crippen LogP) is 3.06. The third-order valence-electron chi connectivity index (χ3n) is 5.49. The summed E-state index contributed by atoms with van der Waals surface area (Å²) in [6.45, 7) is 10.6. The summed E-state index contributed by atoms with van der Waals surface area (Å²) in [5.41, 5.74) is 1.10. The van der Waals surface area contributed by atoms with Crippen LogP contribution in [0.25, 0.3) is 0 Å². The summed E-state index contributed by atoms with van der Waals surface area (Å²) < 4.78 is 13.6. The third-order valence-corrected chi connectivity index (χ3v) is 5.49. The molecule has 2 N–H and O–H groups in total. The molecule has 0 amide bonds. The van der Waals surface area contributed by atoms with Gasteiger partial charge in [0.2, 0.25) is 0 Å². The van der Waals surface area contributed by atoms with Gasteiger partial charge < -0.3 is 10.6 Å². The van der Waals surface area contributed by atoms with Crippen LogP contribution >= 0.6 is 0 Å². The molecule has 0 aromatic heterocycles. The lowest BCUT2D eigenvalue weighted by molar-refractivity contribution is 0.225. The number of likely N-dealkylation sites (tertiary alicyclic amines) is 1. The minimum absolute atomic E-state index is 0.0256. The average Bonchev–Trinajstić information content (AvgIpc) is 3.43. The van der Waals surface area contributed by atoms with Crippen molar-refractivity contribution in [3.8, 4) is 0 Å². The summed E-state index contributed by atoms with van der Waals surface area (Å²) in [6, 6.07) is 7.46. The van der Waals surface area contributed by atoms with Crippen LogP contribution in [0, 0.1) is 5.82 Å². The SMILES string of the molecule is C=CCN1CCC(NC(=NCC2(c3cccc(F)c3)CC2)NCC)CC1. The molecule has 1 saturated heterocycles. The molecule has 0 spiro atoms. The van der Waals surface area contributed by atoms with Crippen molar-refractivity contribution >= 4 is 5.96 Å². The van der Waals surface area contributed by atoms with E-state index in [0.717, 1.165) is 63.4 Å². The Hall–Kier alpha value is -1.88. The molecule has 5 heteroatoms. The van der Waals surface area contributed by atoms with E-state index in [2.05, 4.69) is 29.0 Å². The van der Waals surface area contributed by atoms with Crippen molar-refractivity contribution < 1.29 is 4.39 Å². The van der Waals surface area contributed by atoms with Crippen LogP contribution in [0.1, 0.15) is 38.2 Å². The molecule has 0 bridgehead atoms. The van der Waals surface area contributed by atoms with Gasteiger partial charge in [-0.05, 0) is 50.3 Å². The first kappa shape index (κ1) is 18.9. The molecule has 0 unspecified atom stereocenters. The second kappa shape index (κ2) is 8.67. The summed E-state index contributed by atoms with van der Waals surface area (Å²) in [5, 5.41) is 6.96. The molecule has 3 rings (SSSR count). The largest absolute Gasteiger partial charge is 0.357 e. The maximum Gasteiger partial charge on any atom is 0.191 e. The first-order valence-electron chi connectivity index (χ1n) is 9.79. The fourth-order valence-corrected chi connectivity index (χ4v) is 3.69. The van der Waals surface area contributed by atoms with Crippen LogP contribution in [0.15, 0.2) is 41.9 Å². The predicted molar refractivity (Wildman–Crippen MR) is 106 cm³/mol. The molecule has 0 radical (unpaired) electrons. The number of nitrogens with one attached hydrogen (secondary N) is 2. The molecule has 1 heterocycles. The molecule has 4 nitrogen and oxygen atoms in total. The van der Waals surface area contributed by atoms with Crippen LogP contribution in [0.3, 0.4) is 0 Å². The number of nitrogens with zero attached hydrogens (tertiary/aromatic N) is 2. The Balaban J connectivity index is 1.58. The lowest BCUT2D eigenvalue weighted by Crippen LogP contribution is -2.48. The third kappa shape index (κ3) is 4.85.